The quantitative estimate of drug-likeness (QED) is 0.568. The first kappa shape index (κ1) is 12.4. The second-order valence-electron chi connectivity index (χ2n) is 3.88. The van der Waals surface area contributed by atoms with Crippen molar-refractivity contribution in [2.24, 2.45) is 0 Å². The molecule has 3 rings (SSSR count). The summed E-state index contributed by atoms with van der Waals surface area (Å²) in [5.41, 5.74) is 1.76. The number of benzene rings is 1. The summed E-state index contributed by atoms with van der Waals surface area (Å²) in [5, 5.41) is 2.07. The molecule has 0 aliphatic rings. The molecule has 0 radical (unpaired) electrons. The molecule has 0 aliphatic heterocycles. The van der Waals surface area contributed by atoms with E-state index in [1.165, 1.54) is 4.88 Å². The Balaban J connectivity index is 1.86. The summed E-state index contributed by atoms with van der Waals surface area (Å²) < 4.78 is 6.85. The maximum atomic E-state index is 5.72. The largest absolute Gasteiger partial charge is 0.441 e. The van der Waals surface area contributed by atoms with Crippen molar-refractivity contribution in [1.29, 1.82) is 0 Å². The van der Waals surface area contributed by atoms with Gasteiger partial charge < -0.3 is 4.42 Å². The lowest BCUT2D eigenvalue weighted by molar-refractivity contribution is 0.528. The Morgan fingerprint density at radius 2 is 2.11 bits per heavy atom. The fourth-order valence-corrected chi connectivity index (χ4v) is 4.56. The molecule has 0 bridgehead atoms. The molecule has 0 amide bonds. The molecule has 0 fully saturated rings. The number of para-hydroxylation sites is 2. The van der Waals surface area contributed by atoms with Crippen LogP contribution in [0.4, 0.5) is 0 Å². The smallest absolute Gasteiger partial charge is 0.196 e. The van der Waals surface area contributed by atoms with Crippen LogP contribution in [0.2, 0.25) is 0 Å². The zero-order chi connectivity index (χ0) is 12.5. The van der Waals surface area contributed by atoms with Crippen LogP contribution >= 0.6 is 43.2 Å². The monoisotopic (exact) mass is 385 g/mol. The molecule has 1 atom stereocenters. The molecule has 2 nitrogen and oxygen atoms in total. The number of halogens is 2. The van der Waals surface area contributed by atoms with E-state index in [1.54, 1.807) is 11.3 Å². The minimum absolute atomic E-state index is 0.222. The van der Waals surface area contributed by atoms with E-state index >= 15 is 0 Å². The molecular weight excluding hydrogens is 378 g/mol. The van der Waals surface area contributed by atoms with Crippen molar-refractivity contribution < 1.29 is 4.42 Å². The van der Waals surface area contributed by atoms with Crippen LogP contribution in [-0.4, -0.2) is 4.98 Å². The maximum absolute atomic E-state index is 5.72. The SMILES string of the molecule is Brc1ccsc1C(Br)Cc1nc2ccccc2o1. The van der Waals surface area contributed by atoms with Gasteiger partial charge in [-0.25, -0.2) is 4.98 Å². The number of aromatic nitrogens is 1. The second-order valence-corrected chi connectivity index (χ2v) is 6.79. The Kier molecular flexibility index (Phi) is 3.54. The summed E-state index contributed by atoms with van der Waals surface area (Å²) in [7, 11) is 0. The molecule has 1 unspecified atom stereocenters. The number of thiophene rings is 1. The van der Waals surface area contributed by atoms with E-state index < -0.39 is 0 Å². The topological polar surface area (TPSA) is 26.0 Å². The fraction of sp³-hybridized carbons (Fsp3) is 0.154. The number of hydrogen-bond donors (Lipinski definition) is 0. The molecule has 92 valence electrons. The van der Waals surface area contributed by atoms with Crippen molar-refractivity contribution in [3.8, 4) is 0 Å². The van der Waals surface area contributed by atoms with Gasteiger partial charge in [0, 0.05) is 15.8 Å². The first-order valence-electron chi connectivity index (χ1n) is 5.45. The number of oxazole rings is 1. The van der Waals surface area contributed by atoms with Crippen molar-refractivity contribution in [3.63, 3.8) is 0 Å². The van der Waals surface area contributed by atoms with E-state index in [4.69, 9.17) is 4.42 Å². The molecule has 0 spiro atoms. The highest BCUT2D eigenvalue weighted by molar-refractivity contribution is 9.11. The van der Waals surface area contributed by atoms with Gasteiger partial charge in [0.25, 0.3) is 0 Å². The van der Waals surface area contributed by atoms with Crippen molar-refractivity contribution in [2.45, 2.75) is 11.2 Å². The average molecular weight is 387 g/mol. The van der Waals surface area contributed by atoms with Crippen molar-refractivity contribution >= 4 is 54.3 Å². The fourth-order valence-electron chi connectivity index (χ4n) is 1.78. The van der Waals surface area contributed by atoms with Crippen molar-refractivity contribution in [1.82, 2.24) is 4.98 Å². The summed E-state index contributed by atoms with van der Waals surface area (Å²) >= 11 is 8.96. The van der Waals surface area contributed by atoms with Crippen LogP contribution in [-0.2, 0) is 6.42 Å². The lowest BCUT2D eigenvalue weighted by atomic mass is 10.2. The summed E-state index contributed by atoms with van der Waals surface area (Å²) in [6, 6.07) is 9.89. The molecule has 5 heteroatoms. The van der Waals surface area contributed by atoms with E-state index in [1.807, 2.05) is 24.3 Å². The Morgan fingerprint density at radius 1 is 1.28 bits per heavy atom. The van der Waals surface area contributed by atoms with Gasteiger partial charge in [-0.2, -0.15) is 0 Å². The zero-order valence-corrected chi connectivity index (χ0v) is 13.3. The Morgan fingerprint density at radius 3 is 2.83 bits per heavy atom. The molecule has 0 N–H and O–H groups in total. The lowest BCUT2D eigenvalue weighted by Crippen LogP contribution is -1.93. The Hall–Kier alpha value is -0.650. The van der Waals surface area contributed by atoms with E-state index in [-0.39, 0.29) is 4.83 Å². The van der Waals surface area contributed by atoms with Gasteiger partial charge >= 0.3 is 0 Å². The predicted molar refractivity (Wildman–Crippen MR) is 81.4 cm³/mol. The average Bonchev–Trinajstić information content (AvgIpc) is 2.94. The minimum Gasteiger partial charge on any atom is -0.441 e. The first-order chi connectivity index (χ1) is 8.74. The number of fused-ring (bicyclic) bond motifs is 1. The van der Waals surface area contributed by atoms with Crippen molar-refractivity contribution in [3.05, 3.63) is 51.0 Å². The molecule has 0 saturated heterocycles. The van der Waals surface area contributed by atoms with Crippen LogP contribution in [0, 0.1) is 0 Å². The minimum atomic E-state index is 0.222. The van der Waals surface area contributed by atoms with Gasteiger partial charge in [0.15, 0.2) is 11.5 Å². The Bertz CT molecular complexity index is 643. The first-order valence-corrected chi connectivity index (χ1v) is 8.04. The van der Waals surface area contributed by atoms with Gasteiger partial charge in [-0.05, 0) is 39.5 Å². The van der Waals surface area contributed by atoms with Crippen LogP contribution in [0.1, 0.15) is 15.6 Å². The molecule has 18 heavy (non-hydrogen) atoms. The van der Waals surface area contributed by atoms with Crippen LogP contribution in [0.15, 0.2) is 44.6 Å². The Labute approximate surface area is 125 Å². The van der Waals surface area contributed by atoms with Crippen LogP contribution in [0.3, 0.4) is 0 Å². The van der Waals surface area contributed by atoms with Crippen LogP contribution in [0.25, 0.3) is 11.1 Å². The van der Waals surface area contributed by atoms with Crippen LogP contribution in [0.5, 0.6) is 0 Å². The molecule has 3 aromatic rings. The van der Waals surface area contributed by atoms with Gasteiger partial charge in [0.2, 0.25) is 0 Å². The normalized spacial score (nSPS) is 13.0. The van der Waals surface area contributed by atoms with Gasteiger partial charge in [0.05, 0.1) is 4.83 Å². The molecule has 2 heterocycles. The lowest BCUT2D eigenvalue weighted by Gasteiger charge is -2.05. The third-order valence-corrected chi connectivity index (χ3v) is 5.69. The maximum Gasteiger partial charge on any atom is 0.196 e. The van der Waals surface area contributed by atoms with Gasteiger partial charge in [-0.3, -0.25) is 0 Å². The molecule has 2 aromatic heterocycles. The highest BCUT2D eigenvalue weighted by Gasteiger charge is 2.16. The third-order valence-electron chi connectivity index (χ3n) is 2.62. The number of nitrogens with zero attached hydrogens (tertiary/aromatic N) is 1. The summed E-state index contributed by atoms with van der Waals surface area (Å²) in [6.07, 6.45) is 0.744. The molecular formula is C13H9Br2NOS. The highest BCUT2D eigenvalue weighted by Crippen LogP contribution is 2.36. The molecule has 1 aromatic carbocycles. The summed E-state index contributed by atoms with van der Waals surface area (Å²) in [6.45, 7) is 0. The van der Waals surface area contributed by atoms with E-state index in [0.717, 1.165) is 27.9 Å². The number of rotatable bonds is 3. The van der Waals surface area contributed by atoms with E-state index in [9.17, 15) is 0 Å². The van der Waals surface area contributed by atoms with Gasteiger partial charge in [-0.1, -0.05) is 28.1 Å². The van der Waals surface area contributed by atoms with Crippen molar-refractivity contribution in [2.75, 3.05) is 0 Å². The standard InChI is InChI=1S/C13H9Br2NOS/c14-8-5-6-18-13(8)9(15)7-12-16-10-3-1-2-4-11(10)17-12/h1-6,9H,7H2. The molecule has 0 saturated carbocycles. The number of hydrogen-bond acceptors (Lipinski definition) is 3. The predicted octanol–water partition coefficient (Wildman–Crippen LogP) is 5.33. The number of alkyl halides is 1. The molecule has 0 aliphatic carbocycles. The third kappa shape index (κ3) is 2.39. The second kappa shape index (κ2) is 5.15. The van der Waals surface area contributed by atoms with E-state index in [0.29, 0.717) is 0 Å². The highest BCUT2D eigenvalue weighted by atomic mass is 79.9. The van der Waals surface area contributed by atoms with E-state index in [2.05, 4.69) is 48.3 Å². The zero-order valence-electron chi connectivity index (χ0n) is 9.27. The summed E-state index contributed by atoms with van der Waals surface area (Å²) in [4.78, 5) is 5.97. The van der Waals surface area contributed by atoms with Gasteiger partial charge in [0.1, 0.15) is 5.52 Å². The van der Waals surface area contributed by atoms with Gasteiger partial charge in [-0.15, -0.1) is 11.3 Å². The van der Waals surface area contributed by atoms with Crippen LogP contribution < -0.4 is 0 Å². The summed E-state index contributed by atoms with van der Waals surface area (Å²) in [5.74, 6) is 0.762.